The molecule has 1 aliphatic rings. The molecule has 1 heterocycles. The fourth-order valence-electron chi connectivity index (χ4n) is 5.74. The van der Waals surface area contributed by atoms with Crippen LogP contribution in [0.4, 0.5) is 0 Å². The first-order valence-corrected chi connectivity index (χ1v) is 16.2. The van der Waals surface area contributed by atoms with Crippen LogP contribution in [0.1, 0.15) is 162 Å². The molecule has 8 heteroatoms. The quantitative estimate of drug-likeness (QED) is 0.0886. The molecule has 0 spiro atoms. The van der Waals surface area contributed by atoms with Crippen molar-refractivity contribution in [2.45, 2.75) is 168 Å². The van der Waals surface area contributed by atoms with E-state index in [-0.39, 0.29) is 19.3 Å². The van der Waals surface area contributed by atoms with Crippen LogP contribution in [-0.4, -0.2) is 35.1 Å². The van der Waals surface area contributed by atoms with Crippen LogP contribution in [0.15, 0.2) is 0 Å². The van der Waals surface area contributed by atoms with Crippen molar-refractivity contribution in [3.63, 3.8) is 0 Å². The first kappa shape index (κ1) is 35.9. The maximum atomic E-state index is 13.6. The lowest BCUT2D eigenvalue weighted by molar-refractivity contribution is -0.266. The van der Waals surface area contributed by atoms with E-state index < -0.39 is 41.3 Å². The number of hydrogen-bond donors (Lipinski definition) is 1. The summed E-state index contributed by atoms with van der Waals surface area (Å²) in [4.78, 5) is 60.3. The molecule has 1 aliphatic heterocycles. The lowest BCUT2D eigenvalue weighted by Crippen LogP contribution is -2.46. The molecule has 0 aromatic rings. The number of carboxylic acids is 1. The van der Waals surface area contributed by atoms with Gasteiger partial charge in [-0.2, -0.15) is 0 Å². The summed E-state index contributed by atoms with van der Waals surface area (Å²) in [5, 5.41) is 9.62. The zero-order chi connectivity index (χ0) is 29.6. The van der Waals surface area contributed by atoms with Crippen LogP contribution < -0.4 is 0 Å². The van der Waals surface area contributed by atoms with Gasteiger partial charge < -0.3 is 9.84 Å². The van der Waals surface area contributed by atoms with Gasteiger partial charge in [0.1, 0.15) is 0 Å². The van der Waals surface area contributed by atoms with E-state index in [0.717, 1.165) is 32.1 Å². The number of ether oxygens (including phenoxy) is 1. The number of cyclic esters (lactones) is 1. The van der Waals surface area contributed by atoms with Crippen LogP contribution >= 0.6 is 0 Å². The summed E-state index contributed by atoms with van der Waals surface area (Å²) in [5.41, 5.74) is -1.23. The van der Waals surface area contributed by atoms with Crippen molar-refractivity contribution < 1.29 is 38.8 Å². The van der Waals surface area contributed by atoms with Gasteiger partial charge in [-0.1, -0.05) is 124 Å². The molecule has 40 heavy (non-hydrogen) atoms. The van der Waals surface area contributed by atoms with Crippen LogP contribution in [0.2, 0.25) is 0 Å². The lowest BCUT2D eigenvalue weighted by Gasteiger charge is -2.37. The van der Waals surface area contributed by atoms with Crippen LogP contribution in [0.3, 0.4) is 0 Å². The SMILES string of the molecule is CCCCCCCCCCCCCCCCC1C(=O)OOC(=O)CCCC(C(=O)O)OC(=O)C1(CC)CCCC. The second-order valence-corrected chi connectivity index (χ2v) is 11.5. The molecule has 3 unspecified atom stereocenters. The molecular weight excluding hydrogens is 512 g/mol. The van der Waals surface area contributed by atoms with E-state index in [0.29, 0.717) is 25.7 Å². The Hall–Kier alpha value is -2.12. The van der Waals surface area contributed by atoms with Gasteiger partial charge in [-0.05, 0) is 32.1 Å². The molecule has 1 fully saturated rings. The highest BCUT2D eigenvalue weighted by atomic mass is 17.2. The molecule has 0 radical (unpaired) electrons. The minimum Gasteiger partial charge on any atom is -0.479 e. The number of aliphatic carboxylic acids is 1. The van der Waals surface area contributed by atoms with E-state index in [1.54, 1.807) is 0 Å². The first-order chi connectivity index (χ1) is 19.3. The van der Waals surface area contributed by atoms with Gasteiger partial charge in [0.15, 0.2) is 6.10 Å². The third kappa shape index (κ3) is 13.5. The van der Waals surface area contributed by atoms with Gasteiger partial charge in [0.05, 0.1) is 17.8 Å². The molecule has 1 N–H and O–H groups in total. The molecular formula is C32H56O8. The molecule has 0 aliphatic carbocycles. The van der Waals surface area contributed by atoms with Crippen molar-refractivity contribution in [2.75, 3.05) is 0 Å². The molecule has 1 rings (SSSR count). The standard InChI is InChI=1S/C32H56O8/c1-4-7-9-10-11-12-13-14-15-16-17-18-19-20-22-26-30(36)40-39-28(33)24-21-23-27(29(34)35)38-31(37)32(26,6-3)25-8-5-2/h26-27H,4-25H2,1-3H3,(H,34,35). The highest BCUT2D eigenvalue weighted by molar-refractivity contribution is 5.87. The second kappa shape index (κ2) is 21.6. The fourth-order valence-corrected chi connectivity index (χ4v) is 5.74. The van der Waals surface area contributed by atoms with E-state index >= 15 is 0 Å². The second-order valence-electron chi connectivity index (χ2n) is 11.5. The van der Waals surface area contributed by atoms with Crippen LogP contribution in [0.5, 0.6) is 0 Å². The summed E-state index contributed by atoms with van der Waals surface area (Å²) in [6.07, 6.45) is 18.1. The maximum Gasteiger partial charge on any atom is 0.359 e. The van der Waals surface area contributed by atoms with Gasteiger partial charge in [-0.3, -0.25) is 4.79 Å². The minimum atomic E-state index is -1.37. The summed E-state index contributed by atoms with van der Waals surface area (Å²) >= 11 is 0. The highest BCUT2D eigenvalue weighted by Gasteiger charge is 2.50. The Morgan fingerprint density at radius 3 is 1.80 bits per heavy atom. The van der Waals surface area contributed by atoms with Crippen LogP contribution in [0, 0.1) is 11.3 Å². The van der Waals surface area contributed by atoms with Crippen molar-refractivity contribution in [3.05, 3.63) is 0 Å². The number of rotatable bonds is 20. The van der Waals surface area contributed by atoms with Crippen molar-refractivity contribution in [3.8, 4) is 0 Å². The third-order valence-electron chi connectivity index (χ3n) is 8.40. The van der Waals surface area contributed by atoms with Gasteiger partial charge in [-0.25, -0.2) is 24.2 Å². The van der Waals surface area contributed by atoms with E-state index in [1.807, 2.05) is 13.8 Å². The summed E-state index contributed by atoms with van der Waals surface area (Å²) in [6.45, 7) is 6.05. The molecule has 0 amide bonds. The topological polar surface area (TPSA) is 116 Å². The Bertz CT molecular complexity index is 736. The number of esters is 1. The average Bonchev–Trinajstić information content (AvgIpc) is 2.94. The van der Waals surface area contributed by atoms with Crippen molar-refractivity contribution >= 4 is 23.9 Å². The van der Waals surface area contributed by atoms with Crippen molar-refractivity contribution in [2.24, 2.45) is 11.3 Å². The summed E-state index contributed by atoms with van der Waals surface area (Å²) in [5.74, 6) is -4.31. The van der Waals surface area contributed by atoms with Crippen molar-refractivity contribution in [1.82, 2.24) is 0 Å². The minimum absolute atomic E-state index is 0.0126. The number of unbranched alkanes of at least 4 members (excludes halogenated alkanes) is 14. The Balaban J connectivity index is 2.71. The maximum absolute atomic E-state index is 13.6. The van der Waals surface area contributed by atoms with Crippen LogP contribution in [0.25, 0.3) is 0 Å². The molecule has 0 aromatic carbocycles. The molecule has 232 valence electrons. The van der Waals surface area contributed by atoms with E-state index in [1.165, 1.54) is 64.2 Å². The number of carbonyl (C=O) groups excluding carboxylic acids is 3. The number of hydrogen-bond acceptors (Lipinski definition) is 7. The van der Waals surface area contributed by atoms with Gasteiger partial charge in [0, 0.05) is 0 Å². The average molecular weight is 569 g/mol. The highest BCUT2D eigenvalue weighted by Crippen LogP contribution is 2.43. The Labute approximate surface area is 242 Å². The third-order valence-corrected chi connectivity index (χ3v) is 8.40. The van der Waals surface area contributed by atoms with Gasteiger partial charge >= 0.3 is 23.9 Å². The van der Waals surface area contributed by atoms with Crippen LogP contribution in [-0.2, 0) is 33.7 Å². The molecule has 0 aromatic heterocycles. The largest absolute Gasteiger partial charge is 0.479 e. The number of carboxylic acid groups (broad SMARTS) is 1. The summed E-state index contributed by atoms with van der Waals surface area (Å²) in [6, 6.07) is 0. The summed E-state index contributed by atoms with van der Waals surface area (Å²) in [7, 11) is 0. The van der Waals surface area contributed by atoms with E-state index in [4.69, 9.17) is 14.5 Å². The number of carbonyl (C=O) groups is 4. The van der Waals surface area contributed by atoms with Gasteiger partial charge in [0.25, 0.3) is 0 Å². The lowest BCUT2D eigenvalue weighted by atomic mass is 9.68. The zero-order valence-electron chi connectivity index (χ0n) is 25.5. The Kier molecular flexibility index (Phi) is 19.4. The van der Waals surface area contributed by atoms with Crippen molar-refractivity contribution in [1.29, 1.82) is 0 Å². The predicted octanol–water partition coefficient (Wildman–Crippen LogP) is 8.24. The monoisotopic (exact) mass is 568 g/mol. The normalized spacial score (nSPS) is 22.5. The summed E-state index contributed by atoms with van der Waals surface area (Å²) < 4.78 is 5.53. The Morgan fingerprint density at radius 2 is 1.30 bits per heavy atom. The van der Waals surface area contributed by atoms with E-state index in [9.17, 15) is 24.3 Å². The first-order valence-electron chi connectivity index (χ1n) is 16.2. The molecule has 8 nitrogen and oxygen atoms in total. The molecule has 1 saturated heterocycles. The zero-order valence-corrected chi connectivity index (χ0v) is 25.5. The predicted molar refractivity (Wildman–Crippen MR) is 154 cm³/mol. The van der Waals surface area contributed by atoms with E-state index in [2.05, 4.69) is 6.92 Å². The smallest absolute Gasteiger partial charge is 0.359 e. The molecule has 3 atom stereocenters. The molecule has 0 bridgehead atoms. The van der Waals surface area contributed by atoms with Gasteiger partial charge in [-0.15, -0.1) is 0 Å². The Morgan fingerprint density at radius 1 is 0.775 bits per heavy atom. The van der Waals surface area contributed by atoms with Gasteiger partial charge in [0.2, 0.25) is 0 Å². The fraction of sp³-hybridized carbons (Fsp3) is 0.875. The molecule has 0 saturated carbocycles.